The molecule has 4 rings (SSSR count). The maximum atomic E-state index is 12.2. The second-order valence-electron chi connectivity index (χ2n) is 5.60. The highest BCUT2D eigenvalue weighted by molar-refractivity contribution is 6.42. The van der Waals surface area contributed by atoms with Gasteiger partial charge in [0, 0.05) is 11.1 Å². The zero-order valence-electron chi connectivity index (χ0n) is 12.5. The van der Waals surface area contributed by atoms with Crippen molar-refractivity contribution in [1.82, 2.24) is 5.32 Å². The second kappa shape index (κ2) is 5.97. The monoisotopic (exact) mass is 309 g/mol. The molecule has 2 aliphatic rings. The summed E-state index contributed by atoms with van der Waals surface area (Å²) in [6.45, 7) is 0.831. The molecule has 2 aromatic carbocycles. The average Bonchev–Trinajstić information content (AvgIpc) is 3.06. The van der Waals surface area contributed by atoms with Crippen LogP contribution < -0.4 is 14.6 Å². The summed E-state index contributed by atoms with van der Waals surface area (Å²) in [4.78, 5) is 12.2. The number of hydrogen-bond donors (Lipinski definition) is 1. The third-order valence-electron chi connectivity index (χ3n) is 4.07. The molecule has 1 atom stereocenters. The first-order valence-corrected chi connectivity index (χ1v) is 7.77. The van der Waals surface area contributed by atoms with E-state index in [0.717, 1.165) is 30.5 Å². The Morgan fingerprint density at radius 2 is 1.65 bits per heavy atom. The smallest absolute Gasteiger partial charge is 0.489 e. The molecule has 116 valence electrons. The molecule has 0 radical (unpaired) electrons. The number of carbonyl (C=O) groups is 1. The van der Waals surface area contributed by atoms with Crippen LogP contribution in [-0.2, 0) is 9.45 Å². The van der Waals surface area contributed by atoms with E-state index in [1.807, 2.05) is 48.5 Å². The van der Waals surface area contributed by atoms with Gasteiger partial charge in [-0.05, 0) is 31.5 Å². The van der Waals surface area contributed by atoms with E-state index < -0.39 is 7.32 Å². The molecule has 0 aliphatic carbocycles. The van der Waals surface area contributed by atoms with Crippen LogP contribution in [0.4, 0.5) is 0 Å². The average molecular weight is 309 g/mol. The van der Waals surface area contributed by atoms with Gasteiger partial charge in [-0.1, -0.05) is 36.4 Å². The second-order valence-corrected chi connectivity index (χ2v) is 5.60. The molecule has 1 saturated heterocycles. The summed E-state index contributed by atoms with van der Waals surface area (Å²) >= 11 is 0. The molecule has 5 nitrogen and oxygen atoms in total. The van der Waals surface area contributed by atoms with Gasteiger partial charge in [0.15, 0.2) is 0 Å². The largest absolute Gasteiger partial charge is 0.866 e. The van der Waals surface area contributed by atoms with Crippen molar-refractivity contribution >= 4 is 13.3 Å². The Morgan fingerprint density at radius 1 is 1.04 bits per heavy atom. The van der Waals surface area contributed by atoms with Gasteiger partial charge < -0.3 is 19.3 Å². The Labute approximate surface area is 134 Å². The van der Waals surface area contributed by atoms with Gasteiger partial charge in [-0.15, -0.1) is 0 Å². The van der Waals surface area contributed by atoms with Crippen LogP contribution in [0.2, 0.25) is 0 Å². The molecule has 0 amide bonds. The molecule has 0 unspecified atom stereocenters. The highest BCUT2D eigenvalue weighted by Crippen LogP contribution is 2.39. The summed E-state index contributed by atoms with van der Waals surface area (Å²) in [7, 11) is -1.09. The van der Waals surface area contributed by atoms with Crippen LogP contribution in [0.15, 0.2) is 48.5 Å². The van der Waals surface area contributed by atoms with E-state index in [0.29, 0.717) is 11.5 Å². The molecular formula is C17H16BNO4. The van der Waals surface area contributed by atoms with Gasteiger partial charge in [0.05, 0.1) is 0 Å². The van der Waals surface area contributed by atoms with Crippen molar-refractivity contribution in [2.24, 2.45) is 0 Å². The predicted octanol–water partition coefficient (Wildman–Crippen LogP) is 2.40. The van der Waals surface area contributed by atoms with Crippen LogP contribution in [-0.4, -0.2) is 25.9 Å². The van der Waals surface area contributed by atoms with Gasteiger partial charge >= 0.3 is 13.3 Å². The van der Waals surface area contributed by atoms with Crippen LogP contribution in [0.5, 0.6) is 11.5 Å². The molecule has 0 bridgehead atoms. The fraction of sp³-hybridized carbons (Fsp3) is 0.235. The standard InChI is InChI=1S/C17H16BNO4/c20-17(14-8-5-11-19-14)23-18-21-15-9-3-1-6-12(15)13-7-2-4-10-16(13)22-18/h1-4,6-7,9-10,14,19H,5,8,11H2/t14-/m0/s1. The van der Waals surface area contributed by atoms with Crippen LogP contribution in [0.1, 0.15) is 12.8 Å². The number of carbonyl (C=O) groups excluding carboxylic acids is 1. The molecule has 1 fully saturated rings. The van der Waals surface area contributed by atoms with Crippen molar-refractivity contribution in [3.8, 4) is 22.6 Å². The number of hydrogen-bond acceptors (Lipinski definition) is 5. The fourth-order valence-corrected chi connectivity index (χ4v) is 2.93. The molecule has 0 spiro atoms. The highest BCUT2D eigenvalue weighted by atomic mass is 16.7. The molecule has 2 aliphatic heterocycles. The molecule has 1 N–H and O–H groups in total. The maximum Gasteiger partial charge on any atom is 0.866 e. The molecule has 2 heterocycles. The quantitative estimate of drug-likeness (QED) is 0.863. The summed E-state index contributed by atoms with van der Waals surface area (Å²) in [5.41, 5.74) is 1.83. The van der Waals surface area contributed by atoms with Crippen molar-refractivity contribution < 1.29 is 18.8 Å². The Morgan fingerprint density at radius 3 is 2.22 bits per heavy atom. The lowest BCUT2D eigenvalue weighted by Gasteiger charge is -2.15. The van der Waals surface area contributed by atoms with E-state index in [1.54, 1.807) is 0 Å². The van der Waals surface area contributed by atoms with Crippen LogP contribution in [0.25, 0.3) is 11.1 Å². The minimum atomic E-state index is -1.09. The van der Waals surface area contributed by atoms with Crippen molar-refractivity contribution in [1.29, 1.82) is 0 Å². The summed E-state index contributed by atoms with van der Waals surface area (Å²) in [5, 5.41) is 3.11. The molecule has 0 saturated carbocycles. The molecule has 0 aromatic heterocycles. The Hall–Kier alpha value is -2.47. The lowest BCUT2D eigenvalue weighted by atomic mass is 10.0. The Balaban J connectivity index is 1.63. The van der Waals surface area contributed by atoms with E-state index >= 15 is 0 Å². The van der Waals surface area contributed by atoms with Crippen LogP contribution in [0.3, 0.4) is 0 Å². The van der Waals surface area contributed by atoms with Crippen molar-refractivity contribution in [2.45, 2.75) is 18.9 Å². The third-order valence-corrected chi connectivity index (χ3v) is 4.07. The topological polar surface area (TPSA) is 56.8 Å². The first kappa shape index (κ1) is 14.1. The van der Waals surface area contributed by atoms with Crippen molar-refractivity contribution in [3.63, 3.8) is 0 Å². The number of rotatable bonds is 2. The summed E-state index contributed by atoms with van der Waals surface area (Å²) in [5.74, 6) is 0.925. The van der Waals surface area contributed by atoms with E-state index in [2.05, 4.69) is 5.32 Å². The highest BCUT2D eigenvalue weighted by Gasteiger charge is 2.38. The number of nitrogens with one attached hydrogen (secondary N) is 1. The van der Waals surface area contributed by atoms with E-state index in [1.165, 1.54) is 0 Å². The van der Waals surface area contributed by atoms with Gasteiger partial charge in [-0.2, -0.15) is 0 Å². The Bertz CT molecular complexity index is 683. The first-order valence-electron chi connectivity index (χ1n) is 7.77. The summed E-state index contributed by atoms with van der Waals surface area (Å²) in [6.07, 6.45) is 1.75. The lowest BCUT2D eigenvalue weighted by Crippen LogP contribution is -2.42. The zero-order valence-corrected chi connectivity index (χ0v) is 12.5. The minimum absolute atomic E-state index is 0.282. The number of fused-ring (bicyclic) bond motifs is 3. The molecule has 2 aromatic rings. The lowest BCUT2D eigenvalue weighted by molar-refractivity contribution is -0.138. The first-order chi connectivity index (χ1) is 11.3. The van der Waals surface area contributed by atoms with Crippen LogP contribution >= 0.6 is 0 Å². The maximum absolute atomic E-state index is 12.2. The molecular weight excluding hydrogens is 293 g/mol. The van der Waals surface area contributed by atoms with Crippen LogP contribution in [0, 0.1) is 0 Å². The van der Waals surface area contributed by atoms with Gasteiger partial charge in [-0.25, -0.2) is 0 Å². The fourth-order valence-electron chi connectivity index (χ4n) is 2.93. The normalized spacial score (nSPS) is 19.0. The number of para-hydroxylation sites is 2. The van der Waals surface area contributed by atoms with E-state index in [4.69, 9.17) is 14.0 Å². The van der Waals surface area contributed by atoms with Gasteiger partial charge in [0.2, 0.25) is 0 Å². The van der Waals surface area contributed by atoms with Gasteiger partial charge in [0.25, 0.3) is 0 Å². The van der Waals surface area contributed by atoms with Gasteiger partial charge in [-0.3, -0.25) is 4.79 Å². The van der Waals surface area contributed by atoms with Crippen molar-refractivity contribution in [3.05, 3.63) is 48.5 Å². The zero-order chi connectivity index (χ0) is 15.6. The summed E-state index contributed by atoms with van der Waals surface area (Å²) < 4.78 is 17.0. The summed E-state index contributed by atoms with van der Waals surface area (Å²) in [6, 6.07) is 15.0. The van der Waals surface area contributed by atoms with Crippen molar-refractivity contribution in [2.75, 3.05) is 6.54 Å². The van der Waals surface area contributed by atoms with E-state index in [9.17, 15) is 4.79 Å². The minimum Gasteiger partial charge on any atom is -0.489 e. The number of benzene rings is 2. The molecule has 6 heteroatoms. The molecule has 23 heavy (non-hydrogen) atoms. The Kier molecular flexibility index (Phi) is 3.67. The third kappa shape index (κ3) is 2.77. The predicted molar refractivity (Wildman–Crippen MR) is 86.0 cm³/mol. The van der Waals surface area contributed by atoms with E-state index in [-0.39, 0.29) is 12.0 Å². The SMILES string of the molecule is O=C(OB1Oc2ccccc2-c2ccccc2O1)[C@@H]1CCCN1. The van der Waals surface area contributed by atoms with Gasteiger partial charge in [0.1, 0.15) is 17.5 Å².